The van der Waals surface area contributed by atoms with Crippen LogP contribution in [0.15, 0.2) is 0 Å². The Balaban J connectivity index is 1.75. The van der Waals surface area contributed by atoms with Crippen LogP contribution in [0, 0.1) is 17.8 Å². The highest BCUT2D eigenvalue weighted by Crippen LogP contribution is 2.39. The Labute approximate surface area is 221 Å². The molecule has 0 bridgehead atoms. The van der Waals surface area contributed by atoms with Crippen molar-refractivity contribution in [3.8, 4) is 0 Å². The lowest BCUT2D eigenvalue weighted by Gasteiger charge is -2.49. The molecule has 3 fully saturated rings. The van der Waals surface area contributed by atoms with E-state index in [9.17, 15) is 0 Å². The van der Waals surface area contributed by atoms with Crippen LogP contribution < -0.4 is 0 Å². The first-order valence-electron chi connectivity index (χ1n) is 15.4. The predicted octanol–water partition coefficient (Wildman–Crippen LogP) is 7.23. The van der Waals surface area contributed by atoms with Crippen LogP contribution in [0.4, 0.5) is 0 Å². The van der Waals surface area contributed by atoms with Crippen LogP contribution in [0.2, 0.25) is 0 Å². The van der Waals surface area contributed by atoms with Crippen LogP contribution in [0.3, 0.4) is 0 Å². The molecule has 0 amide bonds. The molecule has 212 valence electrons. The predicted molar refractivity (Wildman–Crippen MR) is 143 cm³/mol. The minimum Gasteiger partial charge on any atom is -0.350 e. The lowest BCUT2D eigenvalue weighted by atomic mass is 9.93. The molecule has 0 spiro atoms. The van der Waals surface area contributed by atoms with E-state index in [1.165, 1.54) is 38.5 Å². The van der Waals surface area contributed by atoms with Crippen LogP contribution in [0.5, 0.6) is 0 Å². The van der Waals surface area contributed by atoms with Crippen molar-refractivity contribution < 1.29 is 28.4 Å². The third-order valence-electron chi connectivity index (χ3n) is 8.62. The lowest BCUT2D eigenvalue weighted by molar-refractivity contribution is -0.382. The zero-order chi connectivity index (χ0) is 25.9. The normalized spacial score (nSPS) is 35.3. The third kappa shape index (κ3) is 7.89. The van der Waals surface area contributed by atoms with Crippen LogP contribution in [0.25, 0.3) is 0 Å². The number of hydrogen-bond acceptors (Lipinski definition) is 6. The number of ether oxygens (including phenoxy) is 6. The fourth-order valence-corrected chi connectivity index (χ4v) is 6.03. The quantitative estimate of drug-likeness (QED) is 0.217. The molecule has 0 aromatic rings. The summed E-state index contributed by atoms with van der Waals surface area (Å²) in [7, 11) is 0. The van der Waals surface area contributed by atoms with Crippen LogP contribution in [0.1, 0.15) is 119 Å². The fourth-order valence-electron chi connectivity index (χ4n) is 6.03. The van der Waals surface area contributed by atoms with Crippen LogP contribution in [-0.2, 0) is 28.4 Å². The molecule has 6 unspecified atom stereocenters. The molecule has 3 heterocycles. The van der Waals surface area contributed by atoms with Gasteiger partial charge in [0.15, 0.2) is 18.9 Å². The average molecular weight is 513 g/mol. The molecule has 0 N–H and O–H groups in total. The Kier molecular flexibility index (Phi) is 13.5. The second kappa shape index (κ2) is 16.0. The first-order valence-corrected chi connectivity index (χ1v) is 15.4. The number of unbranched alkanes of at least 4 members (excludes halogenated alkanes) is 3. The van der Waals surface area contributed by atoms with Crippen molar-refractivity contribution in [3.63, 3.8) is 0 Å². The molecule has 10 atom stereocenters. The number of hydrogen-bond donors (Lipinski definition) is 0. The topological polar surface area (TPSA) is 55.4 Å². The van der Waals surface area contributed by atoms with Gasteiger partial charge in [-0.1, -0.05) is 80.1 Å². The van der Waals surface area contributed by atoms with Gasteiger partial charge in [0, 0.05) is 17.8 Å². The number of fused-ring (bicyclic) bond motifs is 1. The van der Waals surface area contributed by atoms with Crippen molar-refractivity contribution >= 4 is 0 Å². The van der Waals surface area contributed by atoms with Gasteiger partial charge in [-0.2, -0.15) is 0 Å². The van der Waals surface area contributed by atoms with Crippen molar-refractivity contribution in [2.24, 2.45) is 17.8 Å². The minimum absolute atomic E-state index is 0.130. The van der Waals surface area contributed by atoms with Crippen molar-refractivity contribution in [3.05, 3.63) is 0 Å². The highest BCUT2D eigenvalue weighted by atomic mass is 16.8. The minimum atomic E-state index is -0.247. The number of rotatable bonds is 16. The summed E-state index contributed by atoms with van der Waals surface area (Å²) in [5.41, 5.74) is 0. The van der Waals surface area contributed by atoms with E-state index in [2.05, 4.69) is 41.5 Å². The summed E-state index contributed by atoms with van der Waals surface area (Å²) in [5.74, 6) is 1.19. The summed E-state index contributed by atoms with van der Waals surface area (Å²) in [5, 5.41) is 0. The molecule has 3 saturated heterocycles. The van der Waals surface area contributed by atoms with Crippen molar-refractivity contribution in [2.45, 2.75) is 162 Å². The van der Waals surface area contributed by atoms with Gasteiger partial charge in [0.1, 0.15) is 24.4 Å². The molecule has 36 heavy (non-hydrogen) atoms. The standard InChI is InChI=1S/C30H56O6/c1-7-13-16-21(10-4)28-31-19-24(33-28)27-26-25(34-30(36-27)23(12-6)18-15-9-3)20-32-29(35-26)22(11-5)17-14-8-2/h21-30H,7-20H2,1-6H3/t21?,22?,23?,24-,25+,26-,27-,28?,29?,30?/m1/s1. The summed E-state index contributed by atoms with van der Waals surface area (Å²) in [6.45, 7) is 14.6. The monoisotopic (exact) mass is 512 g/mol. The van der Waals surface area contributed by atoms with Gasteiger partial charge in [0.25, 0.3) is 0 Å². The van der Waals surface area contributed by atoms with Crippen molar-refractivity contribution in [2.75, 3.05) is 13.2 Å². The van der Waals surface area contributed by atoms with Gasteiger partial charge in [-0.25, -0.2) is 0 Å². The Bertz CT molecular complexity index is 588. The molecular formula is C30H56O6. The molecule has 0 aromatic carbocycles. The van der Waals surface area contributed by atoms with E-state index >= 15 is 0 Å². The van der Waals surface area contributed by atoms with Gasteiger partial charge in [0.05, 0.1) is 13.2 Å². The molecule has 3 aliphatic rings. The largest absolute Gasteiger partial charge is 0.350 e. The first-order chi connectivity index (χ1) is 17.6. The second-order valence-corrected chi connectivity index (χ2v) is 11.3. The van der Waals surface area contributed by atoms with Gasteiger partial charge in [0.2, 0.25) is 0 Å². The van der Waals surface area contributed by atoms with E-state index in [0.29, 0.717) is 31.0 Å². The smallest absolute Gasteiger partial charge is 0.161 e. The van der Waals surface area contributed by atoms with E-state index < -0.39 is 0 Å². The molecule has 3 rings (SSSR count). The molecule has 6 heteroatoms. The molecule has 0 aromatic heterocycles. The molecule has 3 aliphatic heterocycles. The summed E-state index contributed by atoms with van der Waals surface area (Å²) < 4.78 is 39.2. The van der Waals surface area contributed by atoms with Crippen molar-refractivity contribution in [1.29, 1.82) is 0 Å². The Morgan fingerprint density at radius 2 is 0.861 bits per heavy atom. The third-order valence-corrected chi connectivity index (χ3v) is 8.62. The highest BCUT2D eigenvalue weighted by Gasteiger charge is 2.52. The summed E-state index contributed by atoms with van der Waals surface area (Å²) >= 11 is 0. The molecule has 0 radical (unpaired) electrons. The fraction of sp³-hybridized carbons (Fsp3) is 1.00. The van der Waals surface area contributed by atoms with E-state index in [1.54, 1.807) is 0 Å². The zero-order valence-electron chi connectivity index (χ0n) is 24.1. The van der Waals surface area contributed by atoms with Gasteiger partial charge in [-0.05, 0) is 38.5 Å². The maximum atomic E-state index is 6.77. The van der Waals surface area contributed by atoms with Gasteiger partial charge < -0.3 is 28.4 Å². The van der Waals surface area contributed by atoms with E-state index in [4.69, 9.17) is 28.4 Å². The first kappa shape index (κ1) is 30.3. The second-order valence-electron chi connectivity index (χ2n) is 11.3. The Hall–Kier alpha value is -0.240. The summed E-state index contributed by atoms with van der Waals surface area (Å²) in [4.78, 5) is 0. The van der Waals surface area contributed by atoms with Crippen LogP contribution >= 0.6 is 0 Å². The van der Waals surface area contributed by atoms with Gasteiger partial charge >= 0.3 is 0 Å². The summed E-state index contributed by atoms with van der Waals surface area (Å²) in [6, 6.07) is 0. The van der Waals surface area contributed by atoms with Crippen molar-refractivity contribution in [1.82, 2.24) is 0 Å². The van der Waals surface area contributed by atoms with Gasteiger partial charge in [-0.15, -0.1) is 0 Å². The highest BCUT2D eigenvalue weighted by molar-refractivity contribution is 4.94. The zero-order valence-corrected chi connectivity index (χ0v) is 24.1. The maximum absolute atomic E-state index is 6.77. The maximum Gasteiger partial charge on any atom is 0.161 e. The van der Waals surface area contributed by atoms with E-state index in [1.807, 2.05) is 0 Å². The molecule has 6 nitrogen and oxygen atoms in total. The average Bonchev–Trinajstić information content (AvgIpc) is 3.39. The van der Waals surface area contributed by atoms with Gasteiger partial charge in [-0.3, -0.25) is 0 Å². The lowest BCUT2D eigenvalue weighted by Crippen LogP contribution is -2.62. The Morgan fingerprint density at radius 3 is 1.28 bits per heavy atom. The summed E-state index contributed by atoms with van der Waals surface area (Å²) in [6.07, 6.45) is 12.4. The Morgan fingerprint density at radius 1 is 0.500 bits per heavy atom. The molecule has 0 saturated carbocycles. The van der Waals surface area contributed by atoms with E-state index in [0.717, 1.165) is 38.5 Å². The molecular weight excluding hydrogens is 456 g/mol. The van der Waals surface area contributed by atoms with E-state index in [-0.39, 0.29) is 43.3 Å². The molecule has 0 aliphatic carbocycles. The SMILES string of the molecule is CCCCC(CC)C1OC[C@@H]2OC(C(CC)CCCC)O[C@H]([C@H]3COC(C(CC)CCCC)O3)[C@@H]2O1. The van der Waals surface area contributed by atoms with Crippen LogP contribution in [-0.4, -0.2) is 56.5 Å².